The average molecular weight is 352 g/mol. The van der Waals surface area contributed by atoms with E-state index in [1.54, 1.807) is 0 Å². The van der Waals surface area contributed by atoms with E-state index in [4.69, 9.17) is 0 Å². The summed E-state index contributed by atoms with van der Waals surface area (Å²) in [5.41, 5.74) is 1.49. The molecule has 0 aromatic heterocycles. The topological polar surface area (TPSA) is 0 Å². The van der Waals surface area contributed by atoms with Crippen molar-refractivity contribution in [3.8, 4) is 0 Å². The first-order valence-electron chi connectivity index (χ1n) is 9.09. The van der Waals surface area contributed by atoms with Crippen molar-refractivity contribution in [2.24, 2.45) is 0 Å². The van der Waals surface area contributed by atoms with Crippen molar-refractivity contribution in [2.45, 2.75) is 90.4 Å². The molecule has 119 valence electrons. The molecule has 1 radical (unpaired) electrons. The van der Waals surface area contributed by atoms with Crippen LogP contribution in [0, 0.1) is 0 Å². The van der Waals surface area contributed by atoms with E-state index >= 15 is 0 Å². The Bertz CT molecular complexity index is 345. The van der Waals surface area contributed by atoms with Crippen LogP contribution in [-0.2, 0) is 6.42 Å². The van der Waals surface area contributed by atoms with Crippen LogP contribution in [0.25, 0.3) is 0 Å². The van der Waals surface area contributed by atoms with E-state index in [0.29, 0.717) is 0 Å². The van der Waals surface area contributed by atoms with Gasteiger partial charge in [0, 0.05) is 0 Å². The summed E-state index contributed by atoms with van der Waals surface area (Å²) >= 11 is 3.16. The molecule has 0 fully saturated rings. The fourth-order valence-corrected chi connectivity index (χ4v) is 3.39. The number of rotatable bonds is 13. The molecular formula is C20H33Se. The van der Waals surface area contributed by atoms with Crippen LogP contribution < -0.4 is 4.46 Å². The van der Waals surface area contributed by atoms with Gasteiger partial charge in [0.25, 0.3) is 0 Å². The van der Waals surface area contributed by atoms with Crippen molar-refractivity contribution in [3.63, 3.8) is 0 Å². The van der Waals surface area contributed by atoms with Crippen molar-refractivity contribution >= 4 is 20.5 Å². The van der Waals surface area contributed by atoms with Gasteiger partial charge in [0.15, 0.2) is 0 Å². The summed E-state index contributed by atoms with van der Waals surface area (Å²) in [6, 6.07) is 8.69. The standard InChI is InChI=1S/C20H33Se/c1-2-3-4-5-6-7-8-9-10-11-12-13-16-19-17-14-15-18-20(19)21/h14-15,17-18H,2-13,16H2,1H3. The molecule has 0 aliphatic rings. The van der Waals surface area contributed by atoms with Gasteiger partial charge in [-0.2, -0.15) is 0 Å². The summed E-state index contributed by atoms with van der Waals surface area (Å²) in [5.74, 6) is 0. The van der Waals surface area contributed by atoms with Gasteiger partial charge in [-0.15, -0.1) is 0 Å². The Morgan fingerprint density at radius 2 is 1.14 bits per heavy atom. The summed E-state index contributed by atoms with van der Waals surface area (Å²) in [6.45, 7) is 2.29. The summed E-state index contributed by atoms with van der Waals surface area (Å²) < 4.78 is 1.33. The van der Waals surface area contributed by atoms with E-state index in [1.807, 2.05) is 0 Å². The SMILES string of the molecule is CCCCCCCCCCCCCCc1ccccc1[Se]. The Morgan fingerprint density at radius 3 is 1.67 bits per heavy atom. The van der Waals surface area contributed by atoms with Crippen LogP contribution in [0.3, 0.4) is 0 Å². The summed E-state index contributed by atoms with van der Waals surface area (Å²) in [4.78, 5) is 0. The van der Waals surface area contributed by atoms with Gasteiger partial charge in [-0.3, -0.25) is 0 Å². The molecule has 0 heterocycles. The first-order valence-corrected chi connectivity index (χ1v) is 9.95. The van der Waals surface area contributed by atoms with E-state index in [1.165, 1.54) is 93.5 Å². The molecule has 1 rings (SSSR count). The molecule has 0 nitrogen and oxygen atoms in total. The van der Waals surface area contributed by atoms with E-state index in [0.717, 1.165) is 0 Å². The Kier molecular flexibility index (Phi) is 12.0. The molecule has 0 bridgehead atoms. The molecule has 0 saturated carbocycles. The molecule has 0 spiro atoms. The van der Waals surface area contributed by atoms with Crippen molar-refractivity contribution in [1.82, 2.24) is 0 Å². The molecule has 0 unspecified atom stereocenters. The van der Waals surface area contributed by atoms with Gasteiger partial charge in [-0.05, 0) is 0 Å². The van der Waals surface area contributed by atoms with Gasteiger partial charge in [0.2, 0.25) is 0 Å². The minimum atomic E-state index is 1.24. The molecule has 0 N–H and O–H groups in total. The second-order valence-electron chi connectivity index (χ2n) is 6.25. The molecule has 0 atom stereocenters. The Morgan fingerprint density at radius 1 is 0.667 bits per heavy atom. The average Bonchev–Trinajstić information content (AvgIpc) is 2.50. The number of hydrogen-bond donors (Lipinski definition) is 0. The predicted molar refractivity (Wildman–Crippen MR) is 96.6 cm³/mol. The second-order valence-corrected chi connectivity index (χ2v) is 7.17. The third-order valence-corrected chi connectivity index (χ3v) is 5.11. The molecular weight excluding hydrogens is 319 g/mol. The zero-order valence-electron chi connectivity index (χ0n) is 13.9. The third kappa shape index (κ3) is 10.1. The van der Waals surface area contributed by atoms with Crippen LogP contribution >= 0.6 is 0 Å². The summed E-state index contributed by atoms with van der Waals surface area (Å²) in [7, 11) is 0. The van der Waals surface area contributed by atoms with Crippen molar-refractivity contribution < 1.29 is 0 Å². The van der Waals surface area contributed by atoms with Crippen LogP contribution in [0.15, 0.2) is 24.3 Å². The quantitative estimate of drug-likeness (QED) is 0.314. The molecule has 1 heteroatoms. The van der Waals surface area contributed by atoms with Crippen LogP contribution in [0.2, 0.25) is 0 Å². The molecule has 0 aliphatic heterocycles. The molecule has 21 heavy (non-hydrogen) atoms. The monoisotopic (exact) mass is 353 g/mol. The summed E-state index contributed by atoms with van der Waals surface area (Å²) in [5, 5.41) is 0. The van der Waals surface area contributed by atoms with E-state index in [2.05, 4.69) is 47.2 Å². The molecule has 0 amide bonds. The van der Waals surface area contributed by atoms with Gasteiger partial charge in [-0.1, -0.05) is 26.2 Å². The Balaban J connectivity index is 1.84. The molecule has 1 aromatic rings. The zero-order valence-corrected chi connectivity index (χ0v) is 15.6. The normalized spacial score (nSPS) is 10.9. The second kappa shape index (κ2) is 13.4. The van der Waals surface area contributed by atoms with Gasteiger partial charge in [-0.25, -0.2) is 0 Å². The van der Waals surface area contributed by atoms with Gasteiger partial charge in [0.1, 0.15) is 0 Å². The van der Waals surface area contributed by atoms with Crippen LogP contribution in [0.5, 0.6) is 0 Å². The molecule has 1 aromatic carbocycles. The first-order chi connectivity index (χ1) is 10.3. The van der Waals surface area contributed by atoms with Crippen LogP contribution in [0.4, 0.5) is 0 Å². The van der Waals surface area contributed by atoms with Crippen molar-refractivity contribution in [3.05, 3.63) is 29.8 Å². The molecule has 0 saturated heterocycles. The minimum absolute atomic E-state index is 1.24. The van der Waals surface area contributed by atoms with Gasteiger partial charge < -0.3 is 0 Å². The summed E-state index contributed by atoms with van der Waals surface area (Å²) in [6.07, 6.45) is 18.4. The van der Waals surface area contributed by atoms with E-state index in [-0.39, 0.29) is 0 Å². The number of benzene rings is 1. The zero-order chi connectivity index (χ0) is 15.2. The number of aryl methyl sites for hydroxylation is 1. The number of hydrogen-bond acceptors (Lipinski definition) is 0. The fourth-order valence-electron chi connectivity index (χ4n) is 2.87. The number of unbranched alkanes of at least 4 members (excludes halogenated alkanes) is 11. The Labute approximate surface area is 140 Å². The Hall–Kier alpha value is -0.261. The third-order valence-electron chi connectivity index (χ3n) is 4.27. The van der Waals surface area contributed by atoms with Crippen molar-refractivity contribution in [1.29, 1.82) is 0 Å². The van der Waals surface area contributed by atoms with Gasteiger partial charge in [0.05, 0.1) is 0 Å². The van der Waals surface area contributed by atoms with E-state index < -0.39 is 0 Å². The van der Waals surface area contributed by atoms with Crippen LogP contribution in [0.1, 0.15) is 89.5 Å². The van der Waals surface area contributed by atoms with Crippen molar-refractivity contribution in [2.75, 3.05) is 0 Å². The van der Waals surface area contributed by atoms with Crippen LogP contribution in [-0.4, -0.2) is 16.0 Å². The predicted octanol–water partition coefficient (Wildman–Crippen LogP) is 5.72. The van der Waals surface area contributed by atoms with Gasteiger partial charge >= 0.3 is 115 Å². The fraction of sp³-hybridized carbons (Fsp3) is 0.700. The van der Waals surface area contributed by atoms with E-state index in [9.17, 15) is 0 Å². The molecule has 0 aliphatic carbocycles. The maximum absolute atomic E-state index is 3.16. The maximum atomic E-state index is 3.16. The first kappa shape index (κ1) is 18.8.